The number of benzene rings is 4. The van der Waals surface area contributed by atoms with Crippen LogP contribution in [0.2, 0.25) is 9.62 Å². The van der Waals surface area contributed by atoms with Crippen LogP contribution >= 0.6 is 25.3 Å². The fourth-order valence-corrected chi connectivity index (χ4v) is 20.6. The first-order valence-corrected chi connectivity index (χ1v) is 21.7. The van der Waals surface area contributed by atoms with E-state index in [1.165, 1.54) is 43.2 Å². The molecule has 0 heterocycles. The number of hydrogen-bond donors (Lipinski definition) is 0. The third kappa shape index (κ3) is 6.86. The van der Waals surface area contributed by atoms with Crippen molar-refractivity contribution >= 4 is 46.5 Å². The van der Waals surface area contributed by atoms with Crippen LogP contribution in [0, 0.1) is 0 Å². The van der Waals surface area contributed by atoms with Crippen molar-refractivity contribution in [1.82, 2.24) is 0 Å². The summed E-state index contributed by atoms with van der Waals surface area (Å²) in [5.41, 5.74) is 0. The minimum absolute atomic E-state index is 0.328. The zero-order valence-corrected chi connectivity index (χ0v) is 23.5. The molecular formula is C28H28ClP2W. The summed E-state index contributed by atoms with van der Waals surface area (Å²) < 4.78 is 0. The van der Waals surface area contributed by atoms with Crippen LogP contribution in [0.1, 0.15) is 0 Å². The van der Waals surface area contributed by atoms with E-state index < -0.39 is 16.3 Å². The van der Waals surface area contributed by atoms with Gasteiger partial charge in [-0.1, -0.05) is 0 Å². The molecule has 32 heavy (non-hydrogen) atoms. The second-order valence-corrected chi connectivity index (χ2v) is 21.7. The molecule has 0 fully saturated rings. The summed E-state index contributed by atoms with van der Waals surface area (Å²) in [5, 5.41) is 5.88. The molecule has 0 aliphatic heterocycles. The molecule has 0 nitrogen and oxygen atoms in total. The summed E-state index contributed by atoms with van der Waals surface area (Å²) in [5.74, 6) is 0. The first-order chi connectivity index (χ1) is 15.8. The van der Waals surface area contributed by atoms with Gasteiger partial charge in [0.2, 0.25) is 0 Å². The Kier molecular flexibility index (Phi) is 9.56. The van der Waals surface area contributed by atoms with Crippen LogP contribution in [0.5, 0.6) is 0 Å². The van der Waals surface area contributed by atoms with Gasteiger partial charge in [-0.25, -0.2) is 0 Å². The Morgan fingerprint density at radius 3 is 0.938 bits per heavy atom. The topological polar surface area (TPSA) is 0 Å². The summed E-state index contributed by atoms with van der Waals surface area (Å²) in [6.07, 6.45) is 2.43. The predicted octanol–water partition coefficient (Wildman–Crippen LogP) is 6.86. The molecule has 0 unspecified atom stereocenters. The van der Waals surface area contributed by atoms with Crippen molar-refractivity contribution in [3.8, 4) is 0 Å². The molecule has 0 aliphatic rings. The van der Waals surface area contributed by atoms with Gasteiger partial charge in [0, 0.05) is 0 Å². The minimum atomic E-state index is -1.91. The summed E-state index contributed by atoms with van der Waals surface area (Å²) in [6, 6.07) is 44.1. The first-order valence-electron chi connectivity index (χ1n) is 10.9. The van der Waals surface area contributed by atoms with Gasteiger partial charge in [-0.15, -0.1) is 0 Å². The molecular weight excluding hydrogens is 618 g/mol. The van der Waals surface area contributed by atoms with Crippen molar-refractivity contribution in [2.45, 2.75) is 9.62 Å². The van der Waals surface area contributed by atoms with Gasteiger partial charge in [-0.2, -0.15) is 0 Å². The number of hydrogen-bond acceptors (Lipinski definition) is 0. The fourth-order valence-electron chi connectivity index (χ4n) is 3.73. The molecule has 0 spiro atoms. The summed E-state index contributed by atoms with van der Waals surface area (Å²) in [6.45, 7) is 0. The molecule has 0 aromatic heterocycles. The first kappa shape index (κ1) is 23.9. The van der Waals surface area contributed by atoms with E-state index in [9.17, 15) is 0 Å². The standard InChI is InChI=1S/2C14H14P.ClH.W/c2*1-2-15(13-9-5-3-6-10-13)14-11-7-4-8-12-14;;/h2*3-12H,1-2H2;1H;/q;;;+1/p-1. The van der Waals surface area contributed by atoms with Crippen LogP contribution in [-0.4, -0.2) is 12.3 Å². The van der Waals surface area contributed by atoms with Crippen molar-refractivity contribution in [1.29, 1.82) is 0 Å². The normalized spacial score (nSPS) is 11.4. The molecule has 0 saturated heterocycles. The van der Waals surface area contributed by atoms with Gasteiger partial charge < -0.3 is 0 Å². The molecule has 0 amide bonds. The van der Waals surface area contributed by atoms with Gasteiger partial charge in [-0.3, -0.25) is 0 Å². The van der Waals surface area contributed by atoms with Crippen molar-refractivity contribution in [2.75, 3.05) is 12.3 Å². The van der Waals surface area contributed by atoms with E-state index >= 15 is 0 Å². The van der Waals surface area contributed by atoms with Gasteiger partial charge in [0.25, 0.3) is 0 Å². The van der Waals surface area contributed by atoms with Gasteiger partial charge in [0.1, 0.15) is 0 Å². The molecule has 163 valence electrons. The summed E-state index contributed by atoms with van der Waals surface area (Å²) >= 11 is -1.91. The quantitative estimate of drug-likeness (QED) is 0.166. The Labute approximate surface area is 205 Å². The van der Waals surface area contributed by atoms with E-state index in [0.29, 0.717) is 0 Å². The predicted molar refractivity (Wildman–Crippen MR) is 143 cm³/mol. The van der Waals surface area contributed by atoms with Crippen molar-refractivity contribution in [3.63, 3.8) is 0 Å². The Bertz CT molecular complexity index is 880. The van der Waals surface area contributed by atoms with Gasteiger partial charge >= 0.3 is 206 Å². The average Bonchev–Trinajstić information content (AvgIpc) is 2.87. The van der Waals surface area contributed by atoms with Crippen molar-refractivity contribution in [3.05, 3.63) is 121 Å². The van der Waals surface area contributed by atoms with Crippen LogP contribution in [0.25, 0.3) is 0 Å². The van der Waals surface area contributed by atoms with E-state index in [4.69, 9.17) is 9.42 Å². The third-order valence-electron chi connectivity index (χ3n) is 5.34. The monoisotopic (exact) mass is 645 g/mol. The SMILES string of the molecule is [Cl][W]([CH2]CP(c1ccccc1)c1ccccc1)[CH2]CP(c1ccccc1)c1ccccc1. The molecule has 4 aromatic rings. The average molecular weight is 646 g/mol. The molecule has 0 bridgehead atoms. The molecule has 0 radical (unpaired) electrons. The molecule has 4 rings (SSSR count). The van der Waals surface area contributed by atoms with E-state index in [0.717, 1.165) is 0 Å². The Morgan fingerprint density at radius 2 is 0.688 bits per heavy atom. The molecule has 0 atom stereocenters. The zero-order valence-electron chi connectivity index (χ0n) is 18.1. The molecule has 0 saturated carbocycles. The third-order valence-corrected chi connectivity index (χ3v) is 19.9. The van der Waals surface area contributed by atoms with Crippen molar-refractivity contribution in [2.24, 2.45) is 0 Å². The van der Waals surface area contributed by atoms with E-state index in [1.54, 1.807) is 0 Å². The fraction of sp³-hybridized carbons (Fsp3) is 0.143. The van der Waals surface area contributed by atoms with Gasteiger partial charge in [0.15, 0.2) is 0 Å². The zero-order chi connectivity index (χ0) is 22.0. The molecule has 4 heteroatoms. The summed E-state index contributed by atoms with van der Waals surface area (Å²) in [7, 11) is 6.48. The van der Waals surface area contributed by atoms with E-state index in [1.807, 2.05) is 0 Å². The van der Waals surface area contributed by atoms with E-state index in [-0.39, 0.29) is 15.8 Å². The van der Waals surface area contributed by atoms with Crippen LogP contribution in [0.4, 0.5) is 0 Å². The Balaban J connectivity index is 1.42. The molecule has 0 aliphatic carbocycles. The second-order valence-electron chi connectivity index (χ2n) is 7.48. The molecule has 4 aromatic carbocycles. The Morgan fingerprint density at radius 1 is 0.438 bits per heavy atom. The maximum absolute atomic E-state index is 7.13. The maximum atomic E-state index is 7.13. The van der Waals surface area contributed by atoms with Gasteiger partial charge in [0.05, 0.1) is 0 Å². The van der Waals surface area contributed by atoms with Crippen LogP contribution in [-0.2, 0) is 16.3 Å². The van der Waals surface area contributed by atoms with E-state index in [2.05, 4.69) is 121 Å². The number of rotatable bonds is 10. The van der Waals surface area contributed by atoms with Crippen LogP contribution in [0.15, 0.2) is 121 Å². The van der Waals surface area contributed by atoms with Crippen LogP contribution < -0.4 is 21.2 Å². The Hall–Kier alpha value is -1.28. The second kappa shape index (κ2) is 12.8. The van der Waals surface area contributed by atoms with Crippen LogP contribution in [0.3, 0.4) is 0 Å². The molecule has 0 N–H and O–H groups in total. The van der Waals surface area contributed by atoms with Gasteiger partial charge in [-0.05, 0) is 0 Å². The summed E-state index contributed by atoms with van der Waals surface area (Å²) in [4.78, 5) is 2.48. The number of halogens is 1. The van der Waals surface area contributed by atoms with Crippen molar-refractivity contribution < 1.29 is 16.3 Å².